The number of benzene rings is 1. The van der Waals surface area contributed by atoms with Crippen LogP contribution in [0.5, 0.6) is 0 Å². The lowest BCUT2D eigenvalue weighted by molar-refractivity contribution is 0.413. The summed E-state index contributed by atoms with van der Waals surface area (Å²) in [5, 5.41) is 3.63. The summed E-state index contributed by atoms with van der Waals surface area (Å²) in [5.41, 5.74) is 1.49. The van der Waals surface area contributed by atoms with Gasteiger partial charge in [0.1, 0.15) is 5.76 Å². The summed E-state index contributed by atoms with van der Waals surface area (Å²) in [5.74, 6) is 2.81. The first-order valence-corrected chi connectivity index (χ1v) is 7.84. The van der Waals surface area contributed by atoms with Crippen molar-refractivity contribution >= 4 is 11.8 Å². The SMILES string of the molecule is CCNC(Cc1ccco1)C1CSc2ccccc21. The van der Waals surface area contributed by atoms with Crippen LogP contribution in [0.3, 0.4) is 0 Å². The van der Waals surface area contributed by atoms with Crippen molar-refractivity contribution in [3.8, 4) is 0 Å². The molecule has 0 bridgehead atoms. The zero-order chi connectivity index (χ0) is 13.1. The van der Waals surface area contributed by atoms with Crippen LogP contribution in [-0.4, -0.2) is 18.3 Å². The minimum atomic E-state index is 0.451. The van der Waals surface area contributed by atoms with Gasteiger partial charge in [0.2, 0.25) is 0 Å². The third-order valence-corrected chi connectivity index (χ3v) is 4.90. The van der Waals surface area contributed by atoms with Gasteiger partial charge in [-0.25, -0.2) is 0 Å². The minimum Gasteiger partial charge on any atom is -0.469 e. The Kier molecular flexibility index (Phi) is 3.95. The summed E-state index contributed by atoms with van der Waals surface area (Å²) in [7, 11) is 0. The van der Waals surface area contributed by atoms with Crippen molar-refractivity contribution in [1.29, 1.82) is 0 Å². The van der Waals surface area contributed by atoms with E-state index in [2.05, 4.69) is 42.6 Å². The first-order valence-electron chi connectivity index (χ1n) is 6.86. The highest BCUT2D eigenvalue weighted by Gasteiger charge is 2.30. The van der Waals surface area contributed by atoms with Crippen molar-refractivity contribution in [1.82, 2.24) is 5.32 Å². The standard InChI is InChI=1S/C16H19NOS/c1-2-17-15(10-12-6-5-9-18-12)14-11-19-16-8-4-3-7-13(14)16/h3-9,14-15,17H,2,10-11H2,1H3. The van der Waals surface area contributed by atoms with Gasteiger partial charge in [0.25, 0.3) is 0 Å². The van der Waals surface area contributed by atoms with Gasteiger partial charge in [0, 0.05) is 29.0 Å². The minimum absolute atomic E-state index is 0.451. The number of likely N-dealkylation sites (N-methyl/N-ethyl adjacent to an activating group) is 1. The maximum atomic E-state index is 5.51. The average Bonchev–Trinajstić information content (AvgIpc) is 3.07. The largest absolute Gasteiger partial charge is 0.469 e. The topological polar surface area (TPSA) is 25.2 Å². The molecule has 1 aromatic carbocycles. The highest BCUT2D eigenvalue weighted by atomic mass is 32.2. The fourth-order valence-corrected chi connectivity index (χ4v) is 4.12. The van der Waals surface area contributed by atoms with Crippen molar-refractivity contribution < 1.29 is 4.42 Å². The molecule has 0 saturated carbocycles. The van der Waals surface area contributed by atoms with E-state index in [0.29, 0.717) is 12.0 Å². The van der Waals surface area contributed by atoms with Gasteiger partial charge in [0.05, 0.1) is 6.26 Å². The van der Waals surface area contributed by atoms with Gasteiger partial charge >= 0.3 is 0 Å². The molecule has 1 N–H and O–H groups in total. The van der Waals surface area contributed by atoms with Crippen LogP contribution in [0.1, 0.15) is 24.2 Å². The number of hydrogen-bond donors (Lipinski definition) is 1. The number of fused-ring (bicyclic) bond motifs is 1. The second kappa shape index (κ2) is 5.85. The first-order chi connectivity index (χ1) is 9.38. The third-order valence-electron chi connectivity index (χ3n) is 3.69. The highest BCUT2D eigenvalue weighted by Crippen LogP contribution is 2.41. The summed E-state index contributed by atoms with van der Waals surface area (Å²) in [6.45, 7) is 3.16. The number of furan rings is 1. The normalized spacial score (nSPS) is 19.3. The van der Waals surface area contributed by atoms with E-state index in [0.717, 1.165) is 24.5 Å². The van der Waals surface area contributed by atoms with Crippen LogP contribution in [0.25, 0.3) is 0 Å². The van der Waals surface area contributed by atoms with Crippen LogP contribution in [0.2, 0.25) is 0 Å². The summed E-state index contributed by atoms with van der Waals surface area (Å²) in [6.07, 6.45) is 2.72. The molecule has 0 aliphatic carbocycles. The Morgan fingerprint density at radius 1 is 1.32 bits per heavy atom. The van der Waals surface area contributed by atoms with E-state index in [-0.39, 0.29) is 0 Å². The molecule has 2 nitrogen and oxygen atoms in total. The molecule has 3 heteroatoms. The highest BCUT2D eigenvalue weighted by molar-refractivity contribution is 7.99. The second-order valence-corrected chi connectivity index (χ2v) is 5.96. The Bertz CT molecular complexity index is 523. The molecular formula is C16H19NOS. The zero-order valence-electron chi connectivity index (χ0n) is 11.1. The van der Waals surface area contributed by atoms with Crippen LogP contribution in [0, 0.1) is 0 Å². The maximum Gasteiger partial charge on any atom is 0.105 e. The van der Waals surface area contributed by atoms with Gasteiger partial charge in [-0.1, -0.05) is 25.1 Å². The van der Waals surface area contributed by atoms with Crippen molar-refractivity contribution in [3.05, 3.63) is 54.0 Å². The van der Waals surface area contributed by atoms with Gasteiger partial charge in [0.15, 0.2) is 0 Å². The monoisotopic (exact) mass is 273 g/mol. The smallest absolute Gasteiger partial charge is 0.105 e. The van der Waals surface area contributed by atoms with E-state index in [1.54, 1.807) is 6.26 Å². The molecule has 0 fully saturated rings. The number of nitrogens with one attached hydrogen (secondary N) is 1. The number of rotatable bonds is 5. The van der Waals surface area contributed by atoms with Gasteiger partial charge in [-0.15, -0.1) is 11.8 Å². The molecule has 0 saturated heterocycles. The van der Waals surface area contributed by atoms with Crippen LogP contribution in [-0.2, 0) is 6.42 Å². The van der Waals surface area contributed by atoms with E-state index in [1.165, 1.54) is 10.5 Å². The lowest BCUT2D eigenvalue weighted by Crippen LogP contribution is -2.36. The quantitative estimate of drug-likeness (QED) is 0.899. The van der Waals surface area contributed by atoms with Gasteiger partial charge in [-0.3, -0.25) is 0 Å². The molecule has 2 atom stereocenters. The second-order valence-electron chi connectivity index (χ2n) is 4.90. The van der Waals surface area contributed by atoms with E-state index in [4.69, 9.17) is 4.42 Å². The van der Waals surface area contributed by atoms with Crippen LogP contribution in [0.15, 0.2) is 52.0 Å². The third kappa shape index (κ3) is 2.72. The predicted molar refractivity (Wildman–Crippen MR) is 79.8 cm³/mol. The lowest BCUT2D eigenvalue weighted by Gasteiger charge is -2.24. The van der Waals surface area contributed by atoms with Gasteiger partial charge in [-0.05, 0) is 30.3 Å². The molecular weight excluding hydrogens is 254 g/mol. The van der Waals surface area contributed by atoms with E-state index in [1.807, 2.05) is 17.8 Å². The predicted octanol–water partition coefficient (Wildman–Crippen LogP) is 3.69. The molecule has 100 valence electrons. The van der Waals surface area contributed by atoms with Crippen molar-refractivity contribution in [2.45, 2.75) is 30.2 Å². The summed E-state index contributed by atoms with van der Waals surface area (Å²) < 4.78 is 5.51. The Labute approximate surface area is 118 Å². The Balaban J connectivity index is 1.81. The molecule has 0 spiro atoms. The maximum absolute atomic E-state index is 5.51. The van der Waals surface area contributed by atoms with Crippen LogP contribution >= 0.6 is 11.8 Å². The fourth-order valence-electron chi connectivity index (χ4n) is 2.78. The van der Waals surface area contributed by atoms with Gasteiger partial charge in [-0.2, -0.15) is 0 Å². The van der Waals surface area contributed by atoms with Crippen LogP contribution in [0.4, 0.5) is 0 Å². The average molecular weight is 273 g/mol. The first kappa shape index (κ1) is 12.8. The van der Waals surface area contributed by atoms with E-state index >= 15 is 0 Å². The van der Waals surface area contributed by atoms with Crippen molar-refractivity contribution in [3.63, 3.8) is 0 Å². The fraction of sp³-hybridized carbons (Fsp3) is 0.375. The molecule has 0 amide bonds. The Morgan fingerprint density at radius 3 is 3.00 bits per heavy atom. The Morgan fingerprint density at radius 2 is 2.21 bits per heavy atom. The molecule has 1 aliphatic heterocycles. The zero-order valence-corrected chi connectivity index (χ0v) is 12.0. The van der Waals surface area contributed by atoms with E-state index in [9.17, 15) is 0 Å². The van der Waals surface area contributed by atoms with E-state index < -0.39 is 0 Å². The molecule has 3 rings (SSSR count). The van der Waals surface area contributed by atoms with Crippen molar-refractivity contribution in [2.75, 3.05) is 12.3 Å². The molecule has 0 radical (unpaired) electrons. The van der Waals surface area contributed by atoms with Gasteiger partial charge < -0.3 is 9.73 Å². The molecule has 19 heavy (non-hydrogen) atoms. The lowest BCUT2D eigenvalue weighted by atomic mass is 9.90. The molecule has 2 aromatic rings. The number of hydrogen-bond acceptors (Lipinski definition) is 3. The number of thioether (sulfide) groups is 1. The summed E-state index contributed by atoms with van der Waals surface area (Å²) in [4.78, 5) is 1.44. The summed E-state index contributed by atoms with van der Waals surface area (Å²) in [6, 6.07) is 13.3. The van der Waals surface area contributed by atoms with Crippen molar-refractivity contribution in [2.24, 2.45) is 0 Å². The van der Waals surface area contributed by atoms with Crippen LogP contribution < -0.4 is 5.32 Å². The molecule has 1 aromatic heterocycles. The Hall–Kier alpha value is -1.19. The molecule has 1 aliphatic rings. The summed E-state index contributed by atoms with van der Waals surface area (Å²) >= 11 is 1.97. The molecule has 2 heterocycles. The molecule has 2 unspecified atom stereocenters.